The summed E-state index contributed by atoms with van der Waals surface area (Å²) in [5, 5.41) is 3.95. The lowest BCUT2D eigenvalue weighted by Gasteiger charge is -2.33. The molecule has 1 fully saturated rings. The predicted octanol–water partition coefficient (Wildman–Crippen LogP) is 2.29. The van der Waals surface area contributed by atoms with Crippen LogP contribution in [-0.2, 0) is 23.0 Å². The standard InChI is InChI=1S/C16H21BrN4O3S/c1-2-4-15-18-16(24-19-15)12-20-7-9-21(10-8-20)25(22,23)14-6-3-5-13(17)11-14/h3,5-6,11H,2,4,7-10,12H2,1H3. The number of rotatable bonds is 6. The third-order valence-electron chi connectivity index (χ3n) is 4.11. The molecule has 0 spiro atoms. The van der Waals surface area contributed by atoms with Gasteiger partial charge in [0, 0.05) is 37.1 Å². The third-order valence-corrected chi connectivity index (χ3v) is 6.50. The fourth-order valence-corrected chi connectivity index (χ4v) is 4.79. The van der Waals surface area contributed by atoms with Crippen LogP contribution in [0.25, 0.3) is 0 Å². The molecule has 1 aromatic heterocycles. The first-order valence-corrected chi connectivity index (χ1v) is 10.5. The van der Waals surface area contributed by atoms with E-state index in [9.17, 15) is 8.42 Å². The maximum absolute atomic E-state index is 12.7. The van der Waals surface area contributed by atoms with Gasteiger partial charge in [-0.3, -0.25) is 4.90 Å². The first-order valence-electron chi connectivity index (χ1n) is 8.28. The number of hydrogen-bond donors (Lipinski definition) is 0. The monoisotopic (exact) mass is 428 g/mol. The van der Waals surface area contributed by atoms with Crippen LogP contribution in [0.2, 0.25) is 0 Å². The van der Waals surface area contributed by atoms with E-state index >= 15 is 0 Å². The number of nitrogens with zero attached hydrogens (tertiary/aromatic N) is 4. The number of aryl methyl sites for hydroxylation is 1. The van der Waals surface area contributed by atoms with Crippen molar-refractivity contribution in [1.82, 2.24) is 19.3 Å². The second-order valence-electron chi connectivity index (χ2n) is 5.99. The second-order valence-corrected chi connectivity index (χ2v) is 8.85. The summed E-state index contributed by atoms with van der Waals surface area (Å²) in [5.74, 6) is 1.32. The van der Waals surface area contributed by atoms with Gasteiger partial charge in [-0.05, 0) is 24.6 Å². The SMILES string of the molecule is CCCc1noc(CN2CCN(S(=O)(=O)c3cccc(Br)c3)CC2)n1. The minimum absolute atomic E-state index is 0.316. The van der Waals surface area contributed by atoms with Gasteiger partial charge in [0.25, 0.3) is 0 Å². The molecule has 2 aromatic rings. The highest BCUT2D eigenvalue weighted by molar-refractivity contribution is 9.10. The first-order chi connectivity index (χ1) is 12.0. The van der Waals surface area contributed by atoms with E-state index in [1.54, 1.807) is 18.2 Å². The van der Waals surface area contributed by atoms with Crippen molar-refractivity contribution in [3.05, 3.63) is 40.5 Å². The topological polar surface area (TPSA) is 79.5 Å². The Morgan fingerprint density at radius 1 is 1.24 bits per heavy atom. The summed E-state index contributed by atoms with van der Waals surface area (Å²) in [5.41, 5.74) is 0. The quantitative estimate of drug-likeness (QED) is 0.701. The summed E-state index contributed by atoms with van der Waals surface area (Å²) in [7, 11) is -3.46. The van der Waals surface area contributed by atoms with Gasteiger partial charge < -0.3 is 4.52 Å². The Hall–Kier alpha value is -1.29. The van der Waals surface area contributed by atoms with Gasteiger partial charge in [0.2, 0.25) is 15.9 Å². The van der Waals surface area contributed by atoms with Crippen LogP contribution in [0.15, 0.2) is 38.2 Å². The number of halogens is 1. The van der Waals surface area contributed by atoms with Crippen LogP contribution in [-0.4, -0.2) is 53.9 Å². The van der Waals surface area contributed by atoms with E-state index in [0.29, 0.717) is 43.5 Å². The molecule has 0 aliphatic carbocycles. The van der Waals surface area contributed by atoms with Crippen molar-refractivity contribution in [1.29, 1.82) is 0 Å². The van der Waals surface area contributed by atoms with Gasteiger partial charge >= 0.3 is 0 Å². The number of piperazine rings is 1. The zero-order valence-electron chi connectivity index (χ0n) is 14.1. The zero-order valence-corrected chi connectivity index (χ0v) is 16.5. The van der Waals surface area contributed by atoms with Crippen LogP contribution in [0.3, 0.4) is 0 Å². The molecule has 1 aliphatic heterocycles. The fourth-order valence-electron chi connectivity index (χ4n) is 2.78. The van der Waals surface area contributed by atoms with Crippen LogP contribution >= 0.6 is 15.9 Å². The molecule has 9 heteroatoms. The van der Waals surface area contributed by atoms with Gasteiger partial charge in [-0.25, -0.2) is 8.42 Å². The Balaban J connectivity index is 1.59. The number of benzene rings is 1. The molecule has 3 rings (SSSR count). The molecule has 0 N–H and O–H groups in total. The molecule has 7 nitrogen and oxygen atoms in total. The van der Waals surface area contributed by atoms with Crippen LogP contribution in [0.1, 0.15) is 25.1 Å². The lowest BCUT2D eigenvalue weighted by molar-refractivity contribution is 0.163. The van der Waals surface area contributed by atoms with Crippen molar-refractivity contribution in [2.75, 3.05) is 26.2 Å². The van der Waals surface area contributed by atoms with E-state index < -0.39 is 10.0 Å². The Morgan fingerprint density at radius 2 is 2.00 bits per heavy atom. The molecule has 2 heterocycles. The van der Waals surface area contributed by atoms with Crippen LogP contribution in [0.5, 0.6) is 0 Å². The molecular formula is C16H21BrN4O3S. The van der Waals surface area contributed by atoms with Gasteiger partial charge in [0.05, 0.1) is 11.4 Å². The molecule has 0 bridgehead atoms. The molecule has 0 radical (unpaired) electrons. The van der Waals surface area contributed by atoms with Crippen molar-refractivity contribution < 1.29 is 12.9 Å². The van der Waals surface area contributed by atoms with Crippen molar-refractivity contribution in [2.45, 2.75) is 31.2 Å². The summed E-state index contributed by atoms with van der Waals surface area (Å²) >= 11 is 3.32. The van der Waals surface area contributed by atoms with Gasteiger partial charge in [-0.1, -0.05) is 34.1 Å². The van der Waals surface area contributed by atoms with E-state index in [2.05, 4.69) is 37.9 Å². The maximum atomic E-state index is 12.7. The summed E-state index contributed by atoms with van der Waals surface area (Å²) in [6.07, 6.45) is 1.78. The van der Waals surface area contributed by atoms with Crippen LogP contribution in [0.4, 0.5) is 0 Å². The second kappa shape index (κ2) is 7.94. The molecule has 0 unspecified atom stereocenters. The van der Waals surface area contributed by atoms with E-state index in [-0.39, 0.29) is 0 Å². The van der Waals surface area contributed by atoms with E-state index in [0.717, 1.165) is 23.1 Å². The first kappa shape index (κ1) is 18.5. The molecule has 1 aliphatic rings. The highest BCUT2D eigenvalue weighted by Gasteiger charge is 2.29. The Kier molecular flexibility index (Phi) is 5.88. The number of sulfonamides is 1. The minimum atomic E-state index is -3.46. The Morgan fingerprint density at radius 3 is 2.68 bits per heavy atom. The highest BCUT2D eigenvalue weighted by Crippen LogP contribution is 2.21. The molecule has 1 aromatic carbocycles. The smallest absolute Gasteiger partial charge is 0.243 e. The van der Waals surface area contributed by atoms with Crippen LogP contribution < -0.4 is 0 Å². The largest absolute Gasteiger partial charge is 0.338 e. The van der Waals surface area contributed by atoms with Crippen LogP contribution in [0, 0.1) is 0 Å². The lowest BCUT2D eigenvalue weighted by Crippen LogP contribution is -2.48. The third kappa shape index (κ3) is 4.46. The average Bonchev–Trinajstić information content (AvgIpc) is 3.03. The molecule has 1 saturated heterocycles. The van der Waals surface area contributed by atoms with Gasteiger partial charge in [0.1, 0.15) is 0 Å². The zero-order chi connectivity index (χ0) is 17.9. The maximum Gasteiger partial charge on any atom is 0.243 e. The van der Waals surface area contributed by atoms with Crippen molar-refractivity contribution in [2.24, 2.45) is 0 Å². The van der Waals surface area contributed by atoms with Crippen molar-refractivity contribution in [3.8, 4) is 0 Å². The van der Waals surface area contributed by atoms with Gasteiger partial charge in [0.15, 0.2) is 5.82 Å². The summed E-state index contributed by atoms with van der Waals surface area (Å²) in [4.78, 5) is 6.81. The summed E-state index contributed by atoms with van der Waals surface area (Å²) < 4.78 is 33.0. The average molecular weight is 429 g/mol. The van der Waals surface area contributed by atoms with Crippen molar-refractivity contribution >= 4 is 26.0 Å². The van der Waals surface area contributed by atoms with Gasteiger partial charge in [-0.2, -0.15) is 9.29 Å². The molecule has 136 valence electrons. The lowest BCUT2D eigenvalue weighted by atomic mass is 10.3. The Bertz CT molecular complexity index is 816. The number of hydrogen-bond acceptors (Lipinski definition) is 6. The van der Waals surface area contributed by atoms with E-state index in [1.807, 2.05) is 6.07 Å². The van der Waals surface area contributed by atoms with Crippen molar-refractivity contribution in [3.63, 3.8) is 0 Å². The number of aromatic nitrogens is 2. The van der Waals surface area contributed by atoms with Gasteiger partial charge in [-0.15, -0.1) is 0 Å². The summed E-state index contributed by atoms with van der Waals surface area (Å²) in [6, 6.07) is 6.81. The molecule has 0 amide bonds. The van der Waals surface area contributed by atoms with E-state index in [4.69, 9.17) is 4.52 Å². The molecule has 0 saturated carbocycles. The predicted molar refractivity (Wildman–Crippen MR) is 96.5 cm³/mol. The minimum Gasteiger partial charge on any atom is -0.338 e. The Labute approximate surface area is 156 Å². The molecular weight excluding hydrogens is 408 g/mol. The normalized spacial score (nSPS) is 17.0. The highest BCUT2D eigenvalue weighted by atomic mass is 79.9. The molecule has 0 atom stereocenters. The summed E-state index contributed by atoms with van der Waals surface area (Å²) in [6.45, 7) is 4.80. The molecule has 25 heavy (non-hydrogen) atoms. The fraction of sp³-hybridized carbons (Fsp3) is 0.500. The van der Waals surface area contributed by atoms with E-state index in [1.165, 1.54) is 4.31 Å².